The highest BCUT2D eigenvalue weighted by Gasteiger charge is 2.24. The summed E-state index contributed by atoms with van der Waals surface area (Å²) in [5.41, 5.74) is 6.87. The van der Waals surface area contributed by atoms with Gasteiger partial charge < -0.3 is 20.5 Å². The van der Waals surface area contributed by atoms with Gasteiger partial charge in [-0.15, -0.1) is 11.3 Å². The summed E-state index contributed by atoms with van der Waals surface area (Å²) in [5.74, 6) is -0.230. The summed E-state index contributed by atoms with van der Waals surface area (Å²) in [6.07, 6.45) is -0.725. The summed E-state index contributed by atoms with van der Waals surface area (Å²) in [4.78, 5) is 15.0. The van der Waals surface area contributed by atoms with Gasteiger partial charge in [0.15, 0.2) is 0 Å². The molecule has 6 heteroatoms. The van der Waals surface area contributed by atoms with Gasteiger partial charge >= 0.3 is 0 Å². The lowest BCUT2D eigenvalue weighted by molar-refractivity contribution is -0.135. The molecule has 1 amide bonds. The van der Waals surface area contributed by atoms with Gasteiger partial charge in [0.1, 0.15) is 12.1 Å². The Balaban J connectivity index is 2.11. The van der Waals surface area contributed by atoms with Gasteiger partial charge in [-0.05, 0) is 17.0 Å². The van der Waals surface area contributed by atoms with E-state index < -0.39 is 12.1 Å². The van der Waals surface area contributed by atoms with Crippen molar-refractivity contribution in [3.63, 3.8) is 0 Å². The van der Waals surface area contributed by atoms with Gasteiger partial charge in [0, 0.05) is 18.5 Å². The number of hydrogen-bond donors (Lipinski definition) is 2. The Kier molecular flexibility index (Phi) is 6.73. The van der Waals surface area contributed by atoms with Crippen LogP contribution < -0.4 is 5.73 Å². The van der Waals surface area contributed by atoms with Crippen LogP contribution in [0.2, 0.25) is 0 Å². The molecule has 3 N–H and O–H groups in total. The summed E-state index contributed by atoms with van der Waals surface area (Å²) in [6, 6.07) is 12.6. The Morgan fingerprint density at radius 1 is 1.30 bits per heavy atom. The Morgan fingerprint density at radius 3 is 2.65 bits per heavy atom. The number of nitrogens with zero attached hydrogens (tertiary/aromatic N) is 1. The van der Waals surface area contributed by atoms with Crippen molar-refractivity contribution in [2.75, 3.05) is 20.3 Å². The van der Waals surface area contributed by atoms with E-state index in [-0.39, 0.29) is 19.1 Å². The van der Waals surface area contributed by atoms with Crippen molar-refractivity contribution in [2.24, 2.45) is 5.73 Å². The largest absolute Gasteiger partial charge is 0.386 e. The molecule has 1 heterocycles. The molecule has 0 saturated heterocycles. The minimum Gasteiger partial charge on any atom is -0.386 e. The van der Waals surface area contributed by atoms with Crippen molar-refractivity contribution in [3.05, 3.63) is 58.3 Å². The zero-order valence-corrected chi connectivity index (χ0v) is 13.9. The normalized spacial score (nSPS) is 13.5. The van der Waals surface area contributed by atoms with Gasteiger partial charge in [0.2, 0.25) is 5.91 Å². The Hall–Kier alpha value is -1.73. The number of methoxy groups -OCH3 is 1. The van der Waals surface area contributed by atoms with E-state index in [1.807, 2.05) is 47.8 Å². The van der Waals surface area contributed by atoms with Crippen molar-refractivity contribution in [2.45, 2.75) is 18.7 Å². The smallest absolute Gasteiger partial charge is 0.242 e. The standard InChI is InChI=1S/C17H22N2O3S/c1-22-12-14(18)17(21)19(10-13-6-3-2-4-7-13)11-15(20)16-8-5-9-23-16/h2-9,14-15,20H,10-12,18H2,1H3. The molecule has 2 aromatic rings. The van der Waals surface area contributed by atoms with Gasteiger partial charge in [0.25, 0.3) is 0 Å². The molecule has 124 valence electrons. The number of thiophene rings is 1. The maximum Gasteiger partial charge on any atom is 0.242 e. The van der Waals surface area contributed by atoms with Gasteiger partial charge in [-0.1, -0.05) is 36.4 Å². The number of carbonyl (C=O) groups excluding carboxylic acids is 1. The van der Waals surface area contributed by atoms with Crippen LogP contribution in [0.15, 0.2) is 47.8 Å². The lowest BCUT2D eigenvalue weighted by atomic mass is 10.1. The number of rotatable bonds is 8. The fourth-order valence-electron chi connectivity index (χ4n) is 2.30. The van der Waals surface area contributed by atoms with E-state index in [9.17, 15) is 9.90 Å². The van der Waals surface area contributed by atoms with Crippen molar-refractivity contribution >= 4 is 17.2 Å². The molecule has 0 bridgehead atoms. The van der Waals surface area contributed by atoms with E-state index in [0.29, 0.717) is 6.54 Å². The SMILES string of the molecule is COCC(N)C(=O)N(Cc1ccccc1)CC(O)c1cccs1. The summed E-state index contributed by atoms with van der Waals surface area (Å²) in [7, 11) is 1.51. The van der Waals surface area contributed by atoms with E-state index in [0.717, 1.165) is 10.4 Å². The van der Waals surface area contributed by atoms with Crippen molar-refractivity contribution in [1.29, 1.82) is 0 Å². The highest BCUT2D eigenvalue weighted by Crippen LogP contribution is 2.21. The van der Waals surface area contributed by atoms with Gasteiger partial charge in [-0.2, -0.15) is 0 Å². The highest BCUT2D eigenvalue weighted by molar-refractivity contribution is 7.10. The average molecular weight is 334 g/mol. The van der Waals surface area contributed by atoms with Crippen LogP contribution in [0, 0.1) is 0 Å². The maximum absolute atomic E-state index is 12.6. The fraction of sp³-hybridized carbons (Fsp3) is 0.353. The molecule has 23 heavy (non-hydrogen) atoms. The Bertz CT molecular complexity index is 589. The molecular formula is C17H22N2O3S. The number of benzene rings is 1. The molecule has 0 aliphatic carbocycles. The molecule has 0 saturated carbocycles. The van der Waals surface area contributed by atoms with Crippen molar-refractivity contribution < 1.29 is 14.6 Å². The van der Waals surface area contributed by atoms with E-state index in [2.05, 4.69) is 0 Å². The quantitative estimate of drug-likeness (QED) is 0.772. The Morgan fingerprint density at radius 2 is 2.04 bits per heavy atom. The second-order valence-corrected chi connectivity index (χ2v) is 6.28. The monoisotopic (exact) mass is 334 g/mol. The number of aliphatic hydroxyl groups is 1. The van der Waals surface area contributed by atoms with E-state index in [4.69, 9.17) is 10.5 Å². The van der Waals surface area contributed by atoms with Crippen LogP contribution in [0.5, 0.6) is 0 Å². The van der Waals surface area contributed by atoms with Crippen molar-refractivity contribution in [3.8, 4) is 0 Å². The fourth-order valence-corrected chi connectivity index (χ4v) is 3.00. The number of ether oxygens (including phenoxy) is 1. The summed E-state index contributed by atoms with van der Waals surface area (Å²) < 4.78 is 4.97. The van der Waals surface area contributed by atoms with Crippen LogP contribution in [-0.4, -0.2) is 42.2 Å². The first-order valence-corrected chi connectivity index (χ1v) is 8.28. The van der Waals surface area contributed by atoms with Crippen LogP contribution in [0.1, 0.15) is 16.5 Å². The molecule has 1 aromatic carbocycles. The lowest BCUT2D eigenvalue weighted by Crippen LogP contribution is -2.47. The van der Waals surface area contributed by atoms with Crippen LogP contribution in [-0.2, 0) is 16.1 Å². The zero-order valence-electron chi connectivity index (χ0n) is 13.1. The number of hydrogen-bond acceptors (Lipinski definition) is 5. The van der Waals surface area contributed by atoms with Gasteiger partial charge in [-0.3, -0.25) is 4.79 Å². The highest BCUT2D eigenvalue weighted by atomic mass is 32.1. The third-order valence-corrected chi connectivity index (χ3v) is 4.43. The molecule has 0 fully saturated rings. The summed E-state index contributed by atoms with van der Waals surface area (Å²) in [5, 5.41) is 12.3. The molecule has 2 rings (SSSR count). The predicted molar refractivity (Wildman–Crippen MR) is 91.0 cm³/mol. The third-order valence-electron chi connectivity index (χ3n) is 3.46. The summed E-state index contributed by atoms with van der Waals surface area (Å²) in [6.45, 7) is 0.754. The second kappa shape index (κ2) is 8.79. The van der Waals surface area contributed by atoms with Crippen LogP contribution in [0.4, 0.5) is 0 Å². The molecule has 2 atom stereocenters. The van der Waals surface area contributed by atoms with E-state index in [1.54, 1.807) is 4.90 Å². The first kappa shape index (κ1) is 17.6. The van der Waals surface area contributed by atoms with Gasteiger partial charge in [-0.25, -0.2) is 0 Å². The second-order valence-electron chi connectivity index (χ2n) is 5.30. The number of carbonyl (C=O) groups is 1. The molecule has 2 unspecified atom stereocenters. The molecule has 0 aliphatic heterocycles. The average Bonchev–Trinajstić information content (AvgIpc) is 3.09. The molecular weight excluding hydrogens is 312 g/mol. The summed E-state index contributed by atoms with van der Waals surface area (Å²) >= 11 is 1.47. The molecule has 5 nitrogen and oxygen atoms in total. The maximum atomic E-state index is 12.6. The Labute approximate surface area is 140 Å². The number of aliphatic hydroxyl groups excluding tert-OH is 1. The van der Waals surface area contributed by atoms with Crippen LogP contribution in [0.3, 0.4) is 0 Å². The number of amides is 1. The number of nitrogens with two attached hydrogens (primary N) is 1. The zero-order chi connectivity index (χ0) is 16.7. The third kappa shape index (κ3) is 5.14. The van der Waals surface area contributed by atoms with Crippen LogP contribution >= 0.6 is 11.3 Å². The first-order valence-electron chi connectivity index (χ1n) is 7.40. The minimum absolute atomic E-state index is 0.152. The minimum atomic E-state index is -0.737. The predicted octanol–water partition coefficient (Wildman–Crippen LogP) is 1.78. The molecule has 0 aliphatic rings. The molecule has 0 radical (unpaired) electrons. The lowest BCUT2D eigenvalue weighted by Gasteiger charge is -2.27. The van der Waals surface area contributed by atoms with Crippen LogP contribution in [0.25, 0.3) is 0 Å². The molecule has 1 aromatic heterocycles. The first-order chi connectivity index (χ1) is 11.1. The van der Waals surface area contributed by atoms with E-state index >= 15 is 0 Å². The molecule has 0 spiro atoms. The van der Waals surface area contributed by atoms with Gasteiger partial charge in [0.05, 0.1) is 13.2 Å². The van der Waals surface area contributed by atoms with Crippen molar-refractivity contribution in [1.82, 2.24) is 4.90 Å². The van der Waals surface area contributed by atoms with E-state index in [1.165, 1.54) is 18.4 Å². The topological polar surface area (TPSA) is 75.8 Å².